The van der Waals surface area contributed by atoms with Crippen molar-refractivity contribution in [3.05, 3.63) is 71.0 Å². The lowest BCUT2D eigenvalue weighted by Gasteiger charge is -2.36. The minimum Gasteiger partial charge on any atom is -0.329 e. The number of benzene rings is 2. The van der Waals surface area contributed by atoms with E-state index in [4.69, 9.17) is 0 Å². The Hall–Kier alpha value is -2.20. The second-order valence-corrected chi connectivity index (χ2v) is 5.82. The van der Waals surface area contributed by atoms with E-state index in [1.807, 2.05) is 4.90 Å². The highest BCUT2D eigenvalue weighted by Gasteiger charge is 2.28. The second kappa shape index (κ2) is 6.92. The van der Waals surface area contributed by atoms with Crippen molar-refractivity contribution in [2.75, 3.05) is 19.6 Å². The molecule has 0 bridgehead atoms. The summed E-state index contributed by atoms with van der Waals surface area (Å²) in [5, 5.41) is 3.35. The van der Waals surface area contributed by atoms with Crippen molar-refractivity contribution in [1.29, 1.82) is 0 Å². The molecule has 1 atom stereocenters. The van der Waals surface area contributed by atoms with Crippen LogP contribution < -0.4 is 5.32 Å². The molecule has 1 N–H and O–H groups in total. The number of hydrogen-bond acceptors (Lipinski definition) is 2. The first-order valence-corrected chi connectivity index (χ1v) is 8.05. The van der Waals surface area contributed by atoms with Crippen molar-refractivity contribution in [3.8, 4) is 0 Å². The molecule has 1 unspecified atom stereocenters. The number of aryl methyl sites for hydroxylation is 1. The highest BCUT2D eigenvalue weighted by molar-refractivity contribution is 5.94. The molecular formula is C19H21FN2O. The van der Waals surface area contributed by atoms with E-state index in [9.17, 15) is 9.18 Å². The van der Waals surface area contributed by atoms with Gasteiger partial charge < -0.3 is 10.2 Å². The number of amides is 1. The molecule has 1 fully saturated rings. The van der Waals surface area contributed by atoms with Crippen molar-refractivity contribution in [3.63, 3.8) is 0 Å². The lowest BCUT2D eigenvalue weighted by molar-refractivity contribution is 0.0634. The topological polar surface area (TPSA) is 32.3 Å². The molecule has 1 amide bonds. The molecule has 0 radical (unpaired) electrons. The van der Waals surface area contributed by atoms with Gasteiger partial charge in [-0.15, -0.1) is 0 Å². The van der Waals surface area contributed by atoms with E-state index >= 15 is 0 Å². The standard InChI is InChI=1S/C19H21FN2O/c1-2-14-3-5-15(6-4-14)18-13-21-11-12-22(18)19(23)16-7-9-17(20)10-8-16/h3-10,18,21H,2,11-13H2,1H3. The zero-order valence-corrected chi connectivity index (χ0v) is 13.3. The molecule has 3 nitrogen and oxygen atoms in total. The van der Waals surface area contributed by atoms with Gasteiger partial charge in [-0.1, -0.05) is 31.2 Å². The van der Waals surface area contributed by atoms with Crippen LogP contribution in [-0.2, 0) is 6.42 Å². The quantitative estimate of drug-likeness (QED) is 0.944. The predicted octanol–water partition coefficient (Wildman–Crippen LogP) is 3.17. The lowest BCUT2D eigenvalue weighted by atomic mass is 10.00. The monoisotopic (exact) mass is 312 g/mol. The van der Waals surface area contributed by atoms with Gasteiger partial charge in [-0.3, -0.25) is 4.79 Å². The Morgan fingerprint density at radius 3 is 2.52 bits per heavy atom. The SMILES string of the molecule is CCc1ccc(C2CNCCN2C(=O)c2ccc(F)cc2)cc1. The molecule has 23 heavy (non-hydrogen) atoms. The molecule has 2 aromatic carbocycles. The molecule has 120 valence electrons. The van der Waals surface area contributed by atoms with Gasteiger partial charge in [-0.05, 0) is 41.8 Å². The third kappa shape index (κ3) is 3.42. The fourth-order valence-electron chi connectivity index (χ4n) is 2.98. The van der Waals surface area contributed by atoms with E-state index in [1.54, 1.807) is 12.1 Å². The van der Waals surface area contributed by atoms with E-state index in [2.05, 4.69) is 36.5 Å². The van der Waals surface area contributed by atoms with Crippen molar-refractivity contribution in [2.24, 2.45) is 0 Å². The Bertz CT molecular complexity index is 667. The van der Waals surface area contributed by atoms with E-state index < -0.39 is 0 Å². The Kier molecular flexibility index (Phi) is 4.72. The van der Waals surface area contributed by atoms with Gasteiger partial charge in [-0.25, -0.2) is 4.39 Å². The first-order valence-electron chi connectivity index (χ1n) is 8.05. The molecule has 3 rings (SSSR count). The number of nitrogens with one attached hydrogen (secondary N) is 1. The Morgan fingerprint density at radius 1 is 1.17 bits per heavy atom. The maximum absolute atomic E-state index is 13.1. The summed E-state index contributed by atoms with van der Waals surface area (Å²) in [4.78, 5) is 14.7. The van der Waals surface area contributed by atoms with Crippen LogP contribution >= 0.6 is 0 Å². The largest absolute Gasteiger partial charge is 0.329 e. The summed E-state index contributed by atoms with van der Waals surface area (Å²) in [6.45, 7) is 4.28. The molecule has 1 heterocycles. The van der Waals surface area contributed by atoms with Gasteiger partial charge in [-0.2, -0.15) is 0 Å². The maximum Gasteiger partial charge on any atom is 0.254 e. The Balaban J connectivity index is 1.85. The van der Waals surface area contributed by atoms with Crippen molar-refractivity contribution in [2.45, 2.75) is 19.4 Å². The number of rotatable bonds is 3. The van der Waals surface area contributed by atoms with Crippen LogP contribution in [0.2, 0.25) is 0 Å². The van der Waals surface area contributed by atoms with Crippen molar-refractivity contribution >= 4 is 5.91 Å². The van der Waals surface area contributed by atoms with Crippen molar-refractivity contribution < 1.29 is 9.18 Å². The molecule has 1 aliphatic rings. The molecule has 1 saturated heterocycles. The van der Waals surface area contributed by atoms with Crippen LogP contribution in [0.5, 0.6) is 0 Å². The zero-order chi connectivity index (χ0) is 16.2. The summed E-state index contributed by atoms with van der Waals surface area (Å²) >= 11 is 0. The summed E-state index contributed by atoms with van der Waals surface area (Å²) in [6, 6.07) is 14.2. The fourth-order valence-corrected chi connectivity index (χ4v) is 2.98. The molecule has 2 aromatic rings. The van der Waals surface area contributed by atoms with Crippen molar-refractivity contribution in [1.82, 2.24) is 10.2 Å². The van der Waals surface area contributed by atoms with Crippen LogP contribution in [0.25, 0.3) is 0 Å². The van der Waals surface area contributed by atoms with Crippen LogP contribution in [0, 0.1) is 5.82 Å². The molecule has 0 saturated carbocycles. The van der Waals surface area contributed by atoms with Gasteiger partial charge >= 0.3 is 0 Å². The van der Waals surface area contributed by atoms with Crippen LogP contribution in [0.3, 0.4) is 0 Å². The first-order chi connectivity index (χ1) is 11.2. The third-order valence-electron chi connectivity index (χ3n) is 4.37. The Morgan fingerprint density at radius 2 is 1.87 bits per heavy atom. The average molecular weight is 312 g/mol. The predicted molar refractivity (Wildman–Crippen MR) is 88.9 cm³/mol. The first kappa shape index (κ1) is 15.7. The average Bonchev–Trinajstić information content (AvgIpc) is 2.62. The van der Waals surface area contributed by atoms with E-state index in [-0.39, 0.29) is 17.8 Å². The maximum atomic E-state index is 13.1. The summed E-state index contributed by atoms with van der Waals surface area (Å²) in [6.07, 6.45) is 1.00. The van der Waals surface area contributed by atoms with E-state index in [0.29, 0.717) is 12.1 Å². The molecule has 4 heteroatoms. The van der Waals surface area contributed by atoms with Gasteiger partial charge in [0.15, 0.2) is 0 Å². The number of halogens is 1. The van der Waals surface area contributed by atoms with Gasteiger partial charge in [0.25, 0.3) is 5.91 Å². The summed E-state index contributed by atoms with van der Waals surface area (Å²) in [5.41, 5.74) is 2.95. The number of piperazine rings is 1. The molecular weight excluding hydrogens is 291 g/mol. The highest BCUT2D eigenvalue weighted by Crippen LogP contribution is 2.24. The van der Waals surface area contributed by atoms with Crippen LogP contribution in [0.4, 0.5) is 4.39 Å². The van der Waals surface area contributed by atoms with Crippen LogP contribution in [0.1, 0.15) is 34.5 Å². The Labute approximate surface area is 136 Å². The smallest absolute Gasteiger partial charge is 0.254 e. The number of hydrogen-bond donors (Lipinski definition) is 1. The minimum atomic E-state index is -0.325. The summed E-state index contributed by atoms with van der Waals surface area (Å²) in [5.74, 6) is -0.371. The summed E-state index contributed by atoms with van der Waals surface area (Å²) < 4.78 is 13.1. The van der Waals surface area contributed by atoms with Gasteiger partial charge in [0, 0.05) is 25.2 Å². The normalized spacial score (nSPS) is 18.0. The molecule has 0 spiro atoms. The van der Waals surface area contributed by atoms with E-state index in [0.717, 1.165) is 25.1 Å². The lowest BCUT2D eigenvalue weighted by Crippen LogP contribution is -2.48. The number of carbonyl (C=O) groups is 1. The number of carbonyl (C=O) groups excluding carboxylic acids is 1. The third-order valence-corrected chi connectivity index (χ3v) is 4.37. The van der Waals surface area contributed by atoms with Gasteiger partial charge in [0.05, 0.1) is 6.04 Å². The second-order valence-electron chi connectivity index (χ2n) is 5.82. The highest BCUT2D eigenvalue weighted by atomic mass is 19.1. The van der Waals surface area contributed by atoms with Gasteiger partial charge in [0.2, 0.25) is 0 Å². The zero-order valence-electron chi connectivity index (χ0n) is 13.3. The van der Waals surface area contributed by atoms with E-state index in [1.165, 1.54) is 17.7 Å². The minimum absolute atomic E-state index is 0.00668. The molecule has 0 aliphatic carbocycles. The number of nitrogens with zero attached hydrogens (tertiary/aromatic N) is 1. The fraction of sp³-hybridized carbons (Fsp3) is 0.316. The summed E-state index contributed by atoms with van der Waals surface area (Å²) in [7, 11) is 0. The van der Waals surface area contributed by atoms with Crippen LogP contribution in [-0.4, -0.2) is 30.4 Å². The van der Waals surface area contributed by atoms with Gasteiger partial charge in [0.1, 0.15) is 5.82 Å². The molecule has 1 aliphatic heterocycles. The van der Waals surface area contributed by atoms with Crippen LogP contribution in [0.15, 0.2) is 48.5 Å². The molecule has 0 aromatic heterocycles.